The number of nitrogens with zero attached hydrogens (tertiary/aromatic N) is 1. The van der Waals surface area contributed by atoms with E-state index in [4.69, 9.17) is 0 Å². The monoisotopic (exact) mass is 272 g/mol. The molecule has 1 aliphatic carbocycles. The first-order valence-corrected chi connectivity index (χ1v) is 7.91. The van der Waals surface area contributed by atoms with E-state index >= 15 is 0 Å². The van der Waals surface area contributed by atoms with Gasteiger partial charge >= 0.3 is 0 Å². The second kappa shape index (κ2) is 6.40. The van der Waals surface area contributed by atoms with E-state index in [1.807, 2.05) is 4.90 Å². The number of rotatable bonds is 4. The number of amides is 1. The number of fused-ring (bicyclic) bond motifs is 1. The maximum absolute atomic E-state index is 12.1. The topological polar surface area (TPSA) is 32.3 Å². The van der Waals surface area contributed by atoms with Gasteiger partial charge in [-0.1, -0.05) is 24.3 Å². The first-order valence-electron chi connectivity index (χ1n) is 7.91. The summed E-state index contributed by atoms with van der Waals surface area (Å²) in [5.74, 6) is 0.327. The van der Waals surface area contributed by atoms with E-state index < -0.39 is 0 Å². The molecule has 1 aromatic carbocycles. The van der Waals surface area contributed by atoms with Crippen LogP contribution in [0.25, 0.3) is 0 Å². The molecule has 108 valence electrons. The van der Waals surface area contributed by atoms with Crippen LogP contribution in [0.15, 0.2) is 24.3 Å². The normalized spacial score (nSPS) is 19.1. The Balaban J connectivity index is 1.39. The summed E-state index contributed by atoms with van der Waals surface area (Å²) in [6, 6.07) is 9.18. The number of carbonyl (C=O) groups is 1. The summed E-state index contributed by atoms with van der Waals surface area (Å²) in [5, 5.41) is 3.55. The van der Waals surface area contributed by atoms with Gasteiger partial charge in [-0.3, -0.25) is 4.79 Å². The van der Waals surface area contributed by atoms with Crippen molar-refractivity contribution < 1.29 is 4.79 Å². The highest BCUT2D eigenvalue weighted by Gasteiger charge is 2.21. The van der Waals surface area contributed by atoms with E-state index in [0.29, 0.717) is 18.4 Å². The average molecular weight is 272 g/mol. The molecule has 0 unspecified atom stereocenters. The summed E-state index contributed by atoms with van der Waals surface area (Å²) in [6.07, 6.45) is 6.49. The Labute approximate surface area is 121 Å². The molecule has 1 saturated heterocycles. The van der Waals surface area contributed by atoms with Crippen LogP contribution in [0.5, 0.6) is 0 Å². The summed E-state index contributed by atoms with van der Waals surface area (Å²) in [4.78, 5) is 14.1. The second-order valence-electron chi connectivity index (χ2n) is 6.02. The fraction of sp³-hybridized carbons (Fsp3) is 0.588. The molecule has 0 atom stereocenters. The highest BCUT2D eigenvalue weighted by Crippen LogP contribution is 2.21. The molecule has 0 radical (unpaired) electrons. The Morgan fingerprint density at radius 1 is 1.10 bits per heavy atom. The molecule has 1 heterocycles. The molecule has 1 N–H and O–H groups in total. The lowest BCUT2D eigenvalue weighted by atomic mass is 10.1. The lowest BCUT2D eigenvalue weighted by Crippen LogP contribution is -2.38. The van der Waals surface area contributed by atoms with Crippen molar-refractivity contribution in [3.8, 4) is 0 Å². The number of likely N-dealkylation sites (tertiary alicyclic amines) is 1. The SMILES string of the molecule is O=C(CCNC1Cc2ccccc2C1)N1CCCCC1. The zero-order chi connectivity index (χ0) is 13.8. The number of nitrogens with one attached hydrogen (secondary N) is 1. The minimum Gasteiger partial charge on any atom is -0.343 e. The van der Waals surface area contributed by atoms with E-state index in [2.05, 4.69) is 29.6 Å². The van der Waals surface area contributed by atoms with E-state index in [9.17, 15) is 4.79 Å². The molecule has 3 rings (SSSR count). The smallest absolute Gasteiger partial charge is 0.223 e. The number of hydrogen-bond donors (Lipinski definition) is 1. The molecular weight excluding hydrogens is 248 g/mol. The standard InChI is InChI=1S/C17H24N2O/c20-17(19-10-4-1-5-11-19)8-9-18-16-12-14-6-2-3-7-15(14)13-16/h2-3,6-7,16,18H,1,4-5,8-13H2. The van der Waals surface area contributed by atoms with Crippen LogP contribution in [0.4, 0.5) is 0 Å². The molecule has 1 fully saturated rings. The Morgan fingerprint density at radius 2 is 1.75 bits per heavy atom. The molecule has 1 amide bonds. The predicted octanol–water partition coefficient (Wildman–Crippen LogP) is 2.15. The van der Waals surface area contributed by atoms with Gasteiger partial charge in [0.2, 0.25) is 5.91 Å². The van der Waals surface area contributed by atoms with E-state index in [1.165, 1.54) is 30.4 Å². The van der Waals surface area contributed by atoms with E-state index in [0.717, 1.165) is 32.5 Å². The third-order valence-corrected chi connectivity index (χ3v) is 4.53. The summed E-state index contributed by atoms with van der Waals surface area (Å²) < 4.78 is 0. The Bertz CT molecular complexity index is 441. The van der Waals surface area contributed by atoms with Gasteiger partial charge in [-0.05, 0) is 43.2 Å². The third kappa shape index (κ3) is 3.21. The lowest BCUT2D eigenvalue weighted by Gasteiger charge is -2.27. The van der Waals surface area contributed by atoms with Gasteiger partial charge in [0.1, 0.15) is 0 Å². The second-order valence-corrected chi connectivity index (χ2v) is 6.02. The highest BCUT2D eigenvalue weighted by molar-refractivity contribution is 5.76. The van der Waals surface area contributed by atoms with E-state index in [1.54, 1.807) is 0 Å². The maximum atomic E-state index is 12.1. The van der Waals surface area contributed by atoms with Crippen molar-refractivity contribution in [2.75, 3.05) is 19.6 Å². The molecule has 0 aromatic heterocycles. The first kappa shape index (κ1) is 13.6. The van der Waals surface area contributed by atoms with Gasteiger partial charge < -0.3 is 10.2 Å². The van der Waals surface area contributed by atoms with Crippen LogP contribution in [0.2, 0.25) is 0 Å². The van der Waals surface area contributed by atoms with Crippen molar-refractivity contribution in [2.24, 2.45) is 0 Å². The lowest BCUT2D eigenvalue weighted by molar-refractivity contribution is -0.131. The number of benzene rings is 1. The van der Waals surface area contributed by atoms with Crippen molar-refractivity contribution in [1.29, 1.82) is 0 Å². The molecule has 0 saturated carbocycles. The quantitative estimate of drug-likeness (QED) is 0.911. The van der Waals surface area contributed by atoms with Crippen LogP contribution in [0.1, 0.15) is 36.8 Å². The largest absolute Gasteiger partial charge is 0.343 e. The van der Waals surface area contributed by atoms with Gasteiger partial charge in [0, 0.05) is 32.1 Å². The zero-order valence-electron chi connectivity index (χ0n) is 12.1. The van der Waals surface area contributed by atoms with E-state index in [-0.39, 0.29) is 0 Å². The van der Waals surface area contributed by atoms with Crippen molar-refractivity contribution in [1.82, 2.24) is 10.2 Å². The molecule has 20 heavy (non-hydrogen) atoms. The van der Waals surface area contributed by atoms with Crippen LogP contribution in [0, 0.1) is 0 Å². The average Bonchev–Trinajstić information content (AvgIpc) is 2.90. The molecule has 3 nitrogen and oxygen atoms in total. The molecule has 2 aliphatic rings. The van der Waals surface area contributed by atoms with Crippen molar-refractivity contribution in [3.05, 3.63) is 35.4 Å². The van der Waals surface area contributed by atoms with Crippen LogP contribution in [0.3, 0.4) is 0 Å². The number of hydrogen-bond acceptors (Lipinski definition) is 2. The van der Waals surface area contributed by atoms with Gasteiger partial charge in [-0.25, -0.2) is 0 Å². The predicted molar refractivity (Wildman–Crippen MR) is 80.7 cm³/mol. The highest BCUT2D eigenvalue weighted by atomic mass is 16.2. The van der Waals surface area contributed by atoms with Gasteiger partial charge in [-0.2, -0.15) is 0 Å². The minimum atomic E-state index is 0.327. The summed E-state index contributed by atoms with van der Waals surface area (Å²) in [7, 11) is 0. The zero-order valence-corrected chi connectivity index (χ0v) is 12.1. The van der Waals surface area contributed by atoms with Gasteiger partial charge in [0.15, 0.2) is 0 Å². The molecule has 3 heteroatoms. The van der Waals surface area contributed by atoms with Crippen molar-refractivity contribution in [3.63, 3.8) is 0 Å². The summed E-state index contributed by atoms with van der Waals surface area (Å²) in [6.45, 7) is 2.75. The van der Waals surface area contributed by atoms with Gasteiger partial charge in [0.25, 0.3) is 0 Å². The molecule has 0 bridgehead atoms. The van der Waals surface area contributed by atoms with Crippen molar-refractivity contribution in [2.45, 2.75) is 44.6 Å². The molecule has 0 spiro atoms. The van der Waals surface area contributed by atoms with Gasteiger partial charge in [-0.15, -0.1) is 0 Å². The minimum absolute atomic E-state index is 0.327. The first-order chi connectivity index (χ1) is 9.83. The maximum Gasteiger partial charge on any atom is 0.223 e. The Hall–Kier alpha value is -1.35. The fourth-order valence-corrected chi connectivity index (χ4v) is 3.39. The molecular formula is C17H24N2O. The molecule has 1 aromatic rings. The molecule has 1 aliphatic heterocycles. The number of carbonyl (C=O) groups excluding carboxylic acids is 1. The van der Waals surface area contributed by atoms with Crippen LogP contribution < -0.4 is 5.32 Å². The van der Waals surface area contributed by atoms with Crippen LogP contribution in [-0.2, 0) is 17.6 Å². The Morgan fingerprint density at radius 3 is 2.40 bits per heavy atom. The van der Waals surface area contributed by atoms with Crippen LogP contribution in [-0.4, -0.2) is 36.5 Å². The third-order valence-electron chi connectivity index (χ3n) is 4.53. The number of piperidine rings is 1. The fourth-order valence-electron chi connectivity index (χ4n) is 3.39. The van der Waals surface area contributed by atoms with Gasteiger partial charge in [0.05, 0.1) is 0 Å². The van der Waals surface area contributed by atoms with Crippen LogP contribution >= 0.6 is 0 Å². The Kier molecular flexibility index (Phi) is 4.36. The summed E-state index contributed by atoms with van der Waals surface area (Å²) in [5.41, 5.74) is 2.93. The van der Waals surface area contributed by atoms with Crippen molar-refractivity contribution >= 4 is 5.91 Å². The summed E-state index contributed by atoms with van der Waals surface area (Å²) >= 11 is 0.